The SMILES string of the molecule is C/C(=N\N1CCN(Cc2ccc(Cl)cc2)CC1)c1ccc([N+](=O)[O-])cc1. The van der Waals surface area contributed by atoms with Crippen LogP contribution in [0.15, 0.2) is 53.6 Å². The Labute approximate surface area is 157 Å². The third-order valence-corrected chi connectivity index (χ3v) is 4.71. The zero-order valence-electron chi connectivity index (χ0n) is 14.6. The van der Waals surface area contributed by atoms with Crippen LogP contribution in [0.25, 0.3) is 0 Å². The third kappa shape index (κ3) is 4.80. The monoisotopic (exact) mass is 372 g/mol. The lowest BCUT2D eigenvalue weighted by Crippen LogP contribution is -2.43. The van der Waals surface area contributed by atoms with Gasteiger partial charge in [-0.3, -0.25) is 20.0 Å². The Morgan fingerprint density at radius 2 is 1.69 bits per heavy atom. The summed E-state index contributed by atoms with van der Waals surface area (Å²) in [5, 5.41) is 18.2. The number of benzene rings is 2. The Morgan fingerprint density at radius 3 is 2.27 bits per heavy atom. The molecule has 3 rings (SSSR count). The fourth-order valence-corrected chi connectivity index (χ4v) is 3.06. The molecular formula is C19H21ClN4O2. The van der Waals surface area contributed by atoms with Crippen molar-refractivity contribution in [3.8, 4) is 0 Å². The van der Waals surface area contributed by atoms with E-state index in [1.54, 1.807) is 12.1 Å². The van der Waals surface area contributed by atoms with Gasteiger partial charge in [0.1, 0.15) is 0 Å². The first-order valence-corrected chi connectivity index (χ1v) is 8.91. The van der Waals surface area contributed by atoms with Crippen molar-refractivity contribution in [2.24, 2.45) is 5.10 Å². The minimum absolute atomic E-state index is 0.0948. The number of nitro groups is 1. The summed E-state index contributed by atoms with van der Waals surface area (Å²) in [5.41, 5.74) is 3.12. The molecule has 0 aromatic heterocycles. The molecule has 0 amide bonds. The number of nitrogens with zero attached hydrogens (tertiary/aromatic N) is 4. The second kappa shape index (κ2) is 8.29. The van der Waals surface area contributed by atoms with Gasteiger partial charge in [-0.05, 0) is 42.3 Å². The smallest absolute Gasteiger partial charge is 0.269 e. The van der Waals surface area contributed by atoms with Gasteiger partial charge >= 0.3 is 0 Å². The minimum Gasteiger partial charge on any atom is -0.295 e. The molecule has 26 heavy (non-hydrogen) atoms. The summed E-state index contributed by atoms with van der Waals surface area (Å²) in [4.78, 5) is 12.7. The number of hydrogen-bond acceptors (Lipinski definition) is 5. The molecule has 136 valence electrons. The van der Waals surface area contributed by atoms with Crippen molar-refractivity contribution in [1.29, 1.82) is 0 Å². The molecular weight excluding hydrogens is 352 g/mol. The maximum atomic E-state index is 10.7. The first-order chi connectivity index (χ1) is 12.5. The first kappa shape index (κ1) is 18.4. The molecule has 0 bridgehead atoms. The highest BCUT2D eigenvalue weighted by Crippen LogP contribution is 2.15. The normalized spacial score (nSPS) is 15.9. The maximum Gasteiger partial charge on any atom is 0.269 e. The average Bonchev–Trinajstić information content (AvgIpc) is 2.65. The minimum atomic E-state index is -0.393. The summed E-state index contributed by atoms with van der Waals surface area (Å²) >= 11 is 5.93. The van der Waals surface area contributed by atoms with Crippen molar-refractivity contribution in [3.63, 3.8) is 0 Å². The molecule has 1 saturated heterocycles. The van der Waals surface area contributed by atoms with E-state index in [2.05, 4.69) is 27.1 Å². The van der Waals surface area contributed by atoms with Gasteiger partial charge in [0, 0.05) is 49.9 Å². The molecule has 0 unspecified atom stereocenters. The number of nitro benzene ring substituents is 1. The second-order valence-electron chi connectivity index (χ2n) is 6.35. The van der Waals surface area contributed by atoms with Crippen LogP contribution in [-0.2, 0) is 6.54 Å². The van der Waals surface area contributed by atoms with Gasteiger partial charge in [-0.15, -0.1) is 0 Å². The van der Waals surface area contributed by atoms with Gasteiger partial charge in [-0.25, -0.2) is 0 Å². The average molecular weight is 373 g/mol. The van der Waals surface area contributed by atoms with Crippen LogP contribution in [0.1, 0.15) is 18.1 Å². The Hall–Kier alpha value is -2.44. The second-order valence-corrected chi connectivity index (χ2v) is 6.78. The summed E-state index contributed by atoms with van der Waals surface area (Å²) in [6.45, 7) is 6.45. The molecule has 7 heteroatoms. The number of hydrazone groups is 1. The molecule has 1 fully saturated rings. The molecule has 0 spiro atoms. The summed E-state index contributed by atoms with van der Waals surface area (Å²) in [6.07, 6.45) is 0. The maximum absolute atomic E-state index is 10.7. The fraction of sp³-hybridized carbons (Fsp3) is 0.316. The van der Waals surface area contributed by atoms with Crippen LogP contribution in [0.3, 0.4) is 0 Å². The van der Waals surface area contributed by atoms with E-state index >= 15 is 0 Å². The van der Waals surface area contributed by atoms with Crippen molar-refractivity contribution in [2.75, 3.05) is 26.2 Å². The predicted molar refractivity (Wildman–Crippen MR) is 104 cm³/mol. The number of halogens is 1. The van der Waals surface area contributed by atoms with Crippen LogP contribution in [0.2, 0.25) is 5.02 Å². The van der Waals surface area contributed by atoms with Crippen molar-refractivity contribution in [1.82, 2.24) is 9.91 Å². The fourth-order valence-electron chi connectivity index (χ4n) is 2.94. The molecule has 0 saturated carbocycles. The molecule has 1 aliphatic heterocycles. The van der Waals surface area contributed by atoms with Gasteiger partial charge in [-0.1, -0.05) is 23.7 Å². The van der Waals surface area contributed by atoms with Crippen LogP contribution >= 0.6 is 11.6 Å². The summed E-state index contributed by atoms with van der Waals surface area (Å²) < 4.78 is 0. The first-order valence-electron chi connectivity index (χ1n) is 8.53. The summed E-state index contributed by atoms with van der Waals surface area (Å²) in [6, 6.07) is 14.5. The lowest BCUT2D eigenvalue weighted by atomic mass is 10.1. The van der Waals surface area contributed by atoms with E-state index in [1.807, 2.05) is 19.1 Å². The topological polar surface area (TPSA) is 62.0 Å². The van der Waals surface area contributed by atoms with Crippen molar-refractivity contribution >= 4 is 23.0 Å². The predicted octanol–water partition coefficient (Wildman–Crippen LogP) is 3.79. The molecule has 0 atom stereocenters. The molecule has 1 heterocycles. The standard InChI is InChI=1S/C19H21ClN4O2/c1-15(17-4-8-19(9-5-17)24(25)26)21-23-12-10-22(11-13-23)14-16-2-6-18(20)7-3-16/h2-9H,10-14H2,1H3/b21-15+. The van der Waals surface area contributed by atoms with Crippen LogP contribution in [0, 0.1) is 10.1 Å². The van der Waals surface area contributed by atoms with Crippen LogP contribution in [0.5, 0.6) is 0 Å². The van der Waals surface area contributed by atoms with Gasteiger partial charge < -0.3 is 0 Å². The molecule has 0 aliphatic carbocycles. The van der Waals surface area contributed by atoms with Crippen molar-refractivity contribution in [3.05, 3.63) is 74.8 Å². The van der Waals surface area contributed by atoms with Gasteiger partial charge in [-0.2, -0.15) is 5.10 Å². The van der Waals surface area contributed by atoms with Gasteiger partial charge in [0.25, 0.3) is 5.69 Å². The van der Waals surface area contributed by atoms with E-state index < -0.39 is 4.92 Å². The van der Waals surface area contributed by atoms with Crippen LogP contribution in [0.4, 0.5) is 5.69 Å². The van der Waals surface area contributed by atoms with Gasteiger partial charge in [0.15, 0.2) is 0 Å². The van der Waals surface area contributed by atoms with E-state index in [9.17, 15) is 10.1 Å². The molecule has 0 N–H and O–H groups in total. The molecule has 6 nitrogen and oxygen atoms in total. The Kier molecular flexibility index (Phi) is 5.85. The van der Waals surface area contributed by atoms with E-state index in [0.29, 0.717) is 0 Å². The van der Waals surface area contributed by atoms with Gasteiger partial charge in [0.05, 0.1) is 10.6 Å². The summed E-state index contributed by atoms with van der Waals surface area (Å²) in [5.74, 6) is 0. The number of rotatable bonds is 5. The molecule has 2 aromatic rings. The molecule has 0 radical (unpaired) electrons. The van der Waals surface area contributed by atoms with Crippen LogP contribution < -0.4 is 0 Å². The zero-order chi connectivity index (χ0) is 18.5. The van der Waals surface area contributed by atoms with Crippen molar-refractivity contribution in [2.45, 2.75) is 13.5 Å². The number of piperazine rings is 1. The zero-order valence-corrected chi connectivity index (χ0v) is 15.4. The quantitative estimate of drug-likeness (QED) is 0.455. The third-order valence-electron chi connectivity index (χ3n) is 4.46. The van der Waals surface area contributed by atoms with Crippen LogP contribution in [-0.4, -0.2) is 46.7 Å². The van der Waals surface area contributed by atoms with E-state index in [4.69, 9.17) is 11.6 Å². The largest absolute Gasteiger partial charge is 0.295 e. The highest BCUT2D eigenvalue weighted by Gasteiger charge is 2.16. The Bertz CT molecular complexity index is 782. The van der Waals surface area contributed by atoms with E-state index in [1.165, 1.54) is 17.7 Å². The van der Waals surface area contributed by atoms with Crippen molar-refractivity contribution < 1.29 is 4.92 Å². The molecule has 2 aromatic carbocycles. The lowest BCUT2D eigenvalue weighted by Gasteiger charge is -2.33. The molecule has 1 aliphatic rings. The highest BCUT2D eigenvalue weighted by molar-refractivity contribution is 6.30. The van der Waals surface area contributed by atoms with E-state index in [0.717, 1.165) is 49.0 Å². The number of non-ortho nitro benzene ring substituents is 1. The van der Waals surface area contributed by atoms with E-state index in [-0.39, 0.29) is 5.69 Å². The lowest BCUT2D eigenvalue weighted by molar-refractivity contribution is -0.384. The Morgan fingerprint density at radius 1 is 1.08 bits per heavy atom. The number of hydrogen-bond donors (Lipinski definition) is 0. The van der Waals surface area contributed by atoms with Gasteiger partial charge in [0.2, 0.25) is 0 Å². The summed E-state index contributed by atoms with van der Waals surface area (Å²) in [7, 11) is 0. The Balaban J connectivity index is 1.54. The highest BCUT2D eigenvalue weighted by atomic mass is 35.5.